The topological polar surface area (TPSA) is 37.7 Å². The third-order valence-corrected chi connectivity index (χ3v) is 8.74. The van der Waals surface area contributed by atoms with Crippen molar-refractivity contribution in [1.82, 2.24) is 24.7 Å². The van der Waals surface area contributed by atoms with E-state index in [1.807, 2.05) is 11.3 Å². The van der Waals surface area contributed by atoms with E-state index in [-0.39, 0.29) is 0 Å². The summed E-state index contributed by atoms with van der Waals surface area (Å²) in [5.74, 6) is 0. The molecule has 3 heterocycles. The van der Waals surface area contributed by atoms with Gasteiger partial charge < -0.3 is 10.2 Å². The molecule has 6 rings (SSSR count). The molecule has 4 aliphatic rings. The second kappa shape index (κ2) is 10.9. The Bertz CT molecular complexity index is 1390. The third-order valence-electron chi connectivity index (χ3n) is 7.65. The molecule has 0 radical (unpaired) electrons. The highest BCUT2D eigenvalue weighted by molar-refractivity contribution is 7.21. The van der Waals surface area contributed by atoms with Gasteiger partial charge in [0.2, 0.25) is 5.36 Å². The van der Waals surface area contributed by atoms with Crippen molar-refractivity contribution >= 4 is 27.2 Å². The van der Waals surface area contributed by atoms with E-state index < -0.39 is 0 Å². The monoisotopic (exact) mass is 513 g/mol. The first-order valence-electron chi connectivity index (χ1n) is 13.4. The lowest BCUT2D eigenvalue weighted by atomic mass is 10.1. The van der Waals surface area contributed by atoms with Gasteiger partial charge in [-0.1, -0.05) is 24.3 Å². The van der Waals surface area contributed by atoms with Crippen molar-refractivity contribution in [2.45, 2.75) is 13.1 Å². The second-order valence-electron chi connectivity index (χ2n) is 10.5. The van der Waals surface area contributed by atoms with E-state index >= 15 is 0 Å². The van der Waals surface area contributed by atoms with Crippen LogP contribution in [-0.2, 0) is 13.1 Å². The molecule has 37 heavy (non-hydrogen) atoms. The van der Waals surface area contributed by atoms with Gasteiger partial charge in [-0.2, -0.15) is 0 Å². The van der Waals surface area contributed by atoms with Gasteiger partial charge in [0.1, 0.15) is 14.1 Å². The van der Waals surface area contributed by atoms with Crippen molar-refractivity contribution in [3.05, 3.63) is 77.1 Å². The molecule has 0 saturated carbocycles. The van der Waals surface area contributed by atoms with E-state index in [4.69, 9.17) is 4.98 Å². The average Bonchev–Trinajstić information content (AvgIpc) is 2.93. The van der Waals surface area contributed by atoms with Crippen molar-refractivity contribution < 1.29 is 0 Å². The molecule has 2 fully saturated rings. The standard InChI is InChI=1S/C30H37N6S/c1-33(2)25-7-9-27-29(19-25)37-30-20-26(8-10-28(30)32-27)36-17-15-35(16-18-36)22-24-5-3-23(4-6-24)21-34-13-11-31-12-14-34/h3-10,19-20,31H,11-18,21-22H2,1-2H3/q+1. The predicted octanol–water partition coefficient (Wildman–Crippen LogP) is 3.16. The van der Waals surface area contributed by atoms with Gasteiger partial charge in [0.15, 0.2) is 0 Å². The Hall–Kier alpha value is -2.84. The quantitative estimate of drug-likeness (QED) is 0.328. The molecule has 1 N–H and O–H groups in total. The molecule has 2 aromatic carbocycles. The summed E-state index contributed by atoms with van der Waals surface area (Å²) in [7, 11) is 4.17. The summed E-state index contributed by atoms with van der Waals surface area (Å²) >= 11 is 1.84. The maximum Gasteiger partial charge on any atom is 0.201 e. The van der Waals surface area contributed by atoms with Crippen LogP contribution in [0.4, 0.5) is 5.69 Å². The molecule has 2 saturated heterocycles. The van der Waals surface area contributed by atoms with Crippen LogP contribution >= 0.6 is 11.3 Å². The van der Waals surface area contributed by atoms with Crippen LogP contribution < -0.4 is 20.1 Å². The minimum absolute atomic E-state index is 1.03. The molecule has 1 aliphatic carbocycles. The zero-order valence-electron chi connectivity index (χ0n) is 22.0. The van der Waals surface area contributed by atoms with E-state index in [0.717, 1.165) is 76.7 Å². The van der Waals surface area contributed by atoms with E-state index in [1.165, 1.54) is 31.7 Å². The van der Waals surface area contributed by atoms with Gasteiger partial charge in [-0.25, -0.2) is 9.56 Å². The first kappa shape index (κ1) is 24.5. The van der Waals surface area contributed by atoms with E-state index in [0.29, 0.717) is 0 Å². The van der Waals surface area contributed by atoms with Gasteiger partial charge in [0, 0.05) is 83.3 Å². The molecule has 192 valence electrons. The Morgan fingerprint density at radius 1 is 0.784 bits per heavy atom. The minimum Gasteiger partial charge on any atom is -0.369 e. The number of benzene rings is 3. The zero-order chi connectivity index (χ0) is 25.2. The van der Waals surface area contributed by atoms with Crippen molar-refractivity contribution in [3.63, 3.8) is 0 Å². The number of nitrogens with one attached hydrogen (secondary N) is 1. The Balaban J connectivity index is 1.09. The molecule has 2 aromatic rings. The Morgan fingerprint density at radius 3 is 2.14 bits per heavy atom. The predicted molar refractivity (Wildman–Crippen MR) is 155 cm³/mol. The van der Waals surface area contributed by atoms with Crippen LogP contribution in [0.25, 0.3) is 20.8 Å². The normalized spacial score (nSPS) is 17.5. The number of piperazine rings is 2. The van der Waals surface area contributed by atoms with Crippen LogP contribution in [0.15, 0.2) is 60.7 Å². The molecule has 6 nitrogen and oxygen atoms in total. The molecular weight excluding hydrogens is 476 g/mol. The van der Waals surface area contributed by atoms with Gasteiger partial charge in [0.25, 0.3) is 0 Å². The summed E-state index contributed by atoms with van der Waals surface area (Å²) in [6.45, 7) is 10.9. The minimum atomic E-state index is 1.03. The van der Waals surface area contributed by atoms with E-state index in [1.54, 1.807) is 0 Å². The summed E-state index contributed by atoms with van der Waals surface area (Å²) in [4.78, 5) is 13.8. The number of hydrogen-bond donors (Lipinski definition) is 1. The highest BCUT2D eigenvalue weighted by Crippen LogP contribution is 2.32. The van der Waals surface area contributed by atoms with Crippen LogP contribution in [0.5, 0.6) is 0 Å². The van der Waals surface area contributed by atoms with Crippen LogP contribution in [0.1, 0.15) is 11.1 Å². The maximum absolute atomic E-state index is 4.92. The first-order chi connectivity index (χ1) is 18.1. The van der Waals surface area contributed by atoms with E-state index in [2.05, 4.69) is 99.4 Å². The Kier molecular flexibility index (Phi) is 7.20. The number of nitrogens with zero attached hydrogens (tertiary/aromatic N) is 5. The number of aromatic nitrogens is 1. The molecule has 0 bridgehead atoms. The lowest BCUT2D eigenvalue weighted by Crippen LogP contribution is -2.45. The average molecular weight is 514 g/mol. The highest BCUT2D eigenvalue weighted by Gasteiger charge is 2.19. The summed E-state index contributed by atoms with van der Waals surface area (Å²) < 4.78 is 3.40. The summed E-state index contributed by atoms with van der Waals surface area (Å²) in [5, 5.41) is 4.65. The van der Waals surface area contributed by atoms with Gasteiger partial charge >= 0.3 is 0 Å². The zero-order valence-corrected chi connectivity index (χ0v) is 22.8. The lowest BCUT2D eigenvalue weighted by Gasteiger charge is -2.36. The van der Waals surface area contributed by atoms with Crippen molar-refractivity contribution in [2.24, 2.45) is 0 Å². The molecular formula is C30H37N6S+. The van der Waals surface area contributed by atoms with Crippen LogP contribution in [0.2, 0.25) is 0 Å². The van der Waals surface area contributed by atoms with Gasteiger partial charge in [-0.3, -0.25) is 9.80 Å². The molecule has 0 aromatic heterocycles. The first-order valence-corrected chi connectivity index (χ1v) is 14.3. The SMILES string of the molecule is C[N+](C)=c1ccc2nc3ccc(N4CCN(Cc5ccc(CN6CCNCC6)cc5)CC4)cc3sc-2c1. The van der Waals surface area contributed by atoms with Gasteiger partial charge in [-0.15, -0.1) is 11.3 Å². The molecule has 0 atom stereocenters. The molecule has 7 heteroatoms. The fourth-order valence-corrected chi connectivity index (χ4v) is 6.41. The van der Waals surface area contributed by atoms with Gasteiger partial charge in [-0.05, 0) is 35.4 Å². The summed E-state index contributed by atoms with van der Waals surface area (Å²) in [5.41, 5.74) is 6.30. The Labute approximate surface area is 223 Å². The smallest absolute Gasteiger partial charge is 0.201 e. The van der Waals surface area contributed by atoms with Crippen LogP contribution in [0, 0.1) is 0 Å². The largest absolute Gasteiger partial charge is 0.369 e. The molecule has 0 unspecified atom stereocenters. The fraction of sp³-hybridized carbons (Fsp3) is 0.400. The summed E-state index contributed by atoms with van der Waals surface area (Å²) in [6.07, 6.45) is 0. The molecule has 0 amide bonds. The fourth-order valence-electron chi connectivity index (χ4n) is 5.38. The molecule has 3 aliphatic heterocycles. The number of anilines is 1. The number of fused-ring (bicyclic) bond motifs is 2. The Morgan fingerprint density at radius 2 is 1.46 bits per heavy atom. The van der Waals surface area contributed by atoms with Crippen LogP contribution in [0.3, 0.4) is 0 Å². The maximum atomic E-state index is 4.92. The van der Waals surface area contributed by atoms with Crippen molar-refractivity contribution in [3.8, 4) is 10.6 Å². The summed E-state index contributed by atoms with van der Waals surface area (Å²) in [6, 6.07) is 22.6. The number of hydrogen-bond acceptors (Lipinski definition) is 6. The third kappa shape index (κ3) is 5.70. The second-order valence-corrected chi connectivity index (χ2v) is 11.6. The highest BCUT2D eigenvalue weighted by atomic mass is 32.1. The molecule has 0 spiro atoms. The van der Waals surface area contributed by atoms with Crippen LogP contribution in [-0.4, -0.2) is 81.2 Å². The lowest BCUT2D eigenvalue weighted by molar-refractivity contribution is 0.233. The van der Waals surface area contributed by atoms with Gasteiger partial charge in [0.05, 0.1) is 20.8 Å². The number of rotatable bonds is 5. The van der Waals surface area contributed by atoms with E-state index in [9.17, 15) is 0 Å². The van der Waals surface area contributed by atoms with Crippen molar-refractivity contribution in [2.75, 3.05) is 71.4 Å². The van der Waals surface area contributed by atoms with Crippen molar-refractivity contribution in [1.29, 1.82) is 0 Å².